The molecule has 0 saturated carbocycles. The summed E-state index contributed by atoms with van der Waals surface area (Å²) >= 11 is 0. The zero-order valence-electron chi connectivity index (χ0n) is 13.9. The van der Waals surface area contributed by atoms with Crippen molar-refractivity contribution >= 4 is 32.6 Å². The lowest BCUT2D eigenvalue weighted by Gasteiger charge is -2.22. The third-order valence-corrected chi connectivity index (χ3v) is 5.30. The van der Waals surface area contributed by atoms with Crippen molar-refractivity contribution in [3.05, 3.63) is 60.3 Å². The van der Waals surface area contributed by atoms with Gasteiger partial charge in [0.05, 0.1) is 4.90 Å². The molecular formula is C18H18N2O4S. The Bertz CT molecular complexity index is 1020. The second kappa shape index (κ2) is 6.60. The second-order valence-corrected chi connectivity index (χ2v) is 7.34. The minimum absolute atomic E-state index is 0.0571. The summed E-state index contributed by atoms with van der Waals surface area (Å²) in [6, 6.07) is 13.7. The van der Waals surface area contributed by atoms with Gasteiger partial charge in [0.25, 0.3) is 10.0 Å². The molecule has 0 spiro atoms. The van der Waals surface area contributed by atoms with Crippen LogP contribution in [0.2, 0.25) is 0 Å². The summed E-state index contributed by atoms with van der Waals surface area (Å²) < 4.78 is 26.9. The summed E-state index contributed by atoms with van der Waals surface area (Å²) in [4.78, 5) is 20.1. The summed E-state index contributed by atoms with van der Waals surface area (Å²) in [5.74, 6) is -0.637. The van der Waals surface area contributed by atoms with E-state index in [9.17, 15) is 13.2 Å². The summed E-state index contributed by atoms with van der Waals surface area (Å²) in [5, 5.41) is 0.641. The Morgan fingerprint density at radius 1 is 1.16 bits per heavy atom. The highest BCUT2D eigenvalue weighted by molar-refractivity contribution is 7.92. The van der Waals surface area contributed by atoms with Gasteiger partial charge in [-0.3, -0.25) is 0 Å². The fourth-order valence-corrected chi connectivity index (χ4v) is 3.83. The van der Waals surface area contributed by atoms with Crippen molar-refractivity contribution in [1.82, 2.24) is 4.98 Å². The normalized spacial score (nSPS) is 11.4. The number of nitrogens with zero attached hydrogens (tertiary/aromatic N) is 1. The van der Waals surface area contributed by atoms with Gasteiger partial charge < -0.3 is 9.82 Å². The molecule has 0 fully saturated rings. The fraction of sp³-hybridized carbons (Fsp3) is 0.167. The molecule has 1 N–H and O–H groups in total. The number of hydrogen-bond acceptors (Lipinski definition) is 4. The number of benzene rings is 2. The van der Waals surface area contributed by atoms with Gasteiger partial charge in [-0.25, -0.2) is 4.79 Å². The van der Waals surface area contributed by atoms with Crippen LogP contribution in [0.15, 0.2) is 59.6 Å². The number of fused-ring (bicyclic) bond motifs is 1. The quantitative estimate of drug-likeness (QED) is 0.708. The zero-order chi connectivity index (χ0) is 18.0. The number of nitrogens with one attached hydrogen (secondary N) is 1. The molecule has 7 heteroatoms. The lowest BCUT2D eigenvalue weighted by Crippen LogP contribution is -2.33. The number of para-hydroxylation sites is 1. The molecule has 1 aromatic heterocycles. The number of hydrogen-bond donors (Lipinski definition) is 1. The van der Waals surface area contributed by atoms with Crippen molar-refractivity contribution in [2.75, 3.05) is 4.47 Å². The van der Waals surface area contributed by atoms with Crippen LogP contribution >= 0.6 is 0 Å². The van der Waals surface area contributed by atoms with E-state index in [1.54, 1.807) is 38.1 Å². The summed E-state index contributed by atoms with van der Waals surface area (Å²) in [7, 11) is -4.07. The predicted molar refractivity (Wildman–Crippen MR) is 95.5 cm³/mol. The second-order valence-electron chi connectivity index (χ2n) is 5.59. The SMILES string of the molecule is CCC(=O)ON(c1c[nH]c2ccccc12)S(=O)(=O)c1cccc(C)c1. The first kappa shape index (κ1) is 17.0. The molecule has 0 unspecified atom stereocenters. The highest BCUT2D eigenvalue weighted by Gasteiger charge is 2.30. The molecule has 0 atom stereocenters. The van der Waals surface area contributed by atoms with Crippen LogP contribution in [0.4, 0.5) is 5.69 Å². The van der Waals surface area contributed by atoms with Crippen molar-refractivity contribution in [3.8, 4) is 0 Å². The third kappa shape index (κ3) is 3.23. The van der Waals surface area contributed by atoms with E-state index in [0.717, 1.165) is 11.1 Å². The average molecular weight is 358 g/mol. The average Bonchev–Trinajstić information content (AvgIpc) is 3.03. The first-order valence-corrected chi connectivity index (χ1v) is 9.26. The molecule has 0 aliphatic rings. The molecule has 6 nitrogen and oxygen atoms in total. The molecule has 2 aromatic carbocycles. The Labute approximate surface area is 146 Å². The van der Waals surface area contributed by atoms with E-state index in [0.29, 0.717) is 9.85 Å². The summed E-state index contributed by atoms with van der Waals surface area (Å²) in [5.41, 5.74) is 1.80. The monoisotopic (exact) mass is 358 g/mol. The largest absolute Gasteiger partial charge is 0.359 e. The van der Waals surface area contributed by atoms with Crippen LogP contribution in [0.1, 0.15) is 18.9 Å². The topological polar surface area (TPSA) is 79.5 Å². The Morgan fingerprint density at radius 2 is 1.92 bits per heavy atom. The molecule has 25 heavy (non-hydrogen) atoms. The Hall–Kier alpha value is -2.80. The lowest BCUT2D eigenvalue weighted by molar-refractivity contribution is -0.142. The molecule has 0 saturated heterocycles. The number of sulfonamides is 1. The molecular weight excluding hydrogens is 340 g/mol. The standard InChI is InChI=1S/C18H18N2O4S/c1-3-18(21)24-20(17-12-19-16-10-5-4-9-15(16)17)25(22,23)14-8-6-7-13(2)11-14/h4-12,19H,3H2,1-2H3. The van der Waals surface area contributed by atoms with Crippen LogP contribution in [0.5, 0.6) is 0 Å². The summed E-state index contributed by atoms with van der Waals surface area (Å²) in [6.45, 7) is 3.40. The lowest BCUT2D eigenvalue weighted by atomic mass is 10.2. The molecule has 0 radical (unpaired) electrons. The first-order chi connectivity index (χ1) is 11.9. The molecule has 0 aliphatic heterocycles. The van der Waals surface area contributed by atoms with Gasteiger partial charge in [-0.2, -0.15) is 8.42 Å². The maximum atomic E-state index is 13.1. The number of anilines is 1. The van der Waals surface area contributed by atoms with Crippen LogP contribution in [0, 0.1) is 6.92 Å². The zero-order valence-corrected chi connectivity index (χ0v) is 14.7. The molecule has 3 rings (SSSR count). The smallest absolute Gasteiger partial charge is 0.333 e. The predicted octanol–water partition coefficient (Wildman–Crippen LogP) is 3.54. The van der Waals surface area contributed by atoms with Crippen molar-refractivity contribution in [2.24, 2.45) is 0 Å². The number of H-pyrrole nitrogens is 1. The van der Waals surface area contributed by atoms with E-state index in [1.165, 1.54) is 18.3 Å². The van der Waals surface area contributed by atoms with Crippen molar-refractivity contribution in [2.45, 2.75) is 25.2 Å². The Balaban J connectivity index is 2.17. The van der Waals surface area contributed by atoms with Gasteiger partial charge in [0.15, 0.2) is 0 Å². The van der Waals surface area contributed by atoms with Gasteiger partial charge in [0.1, 0.15) is 5.69 Å². The fourth-order valence-electron chi connectivity index (χ4n) is 2.46. The highest BCUT2D eigenvalue weighted by atomic mass is 32.2. The van der Waals surface area contributed by atoms with Crippen LogP contribution in [0.3, 0.4) is 0 Å². The first-order valence-electron chi connectivity index (χ1n) is 7.82. The Morgan fingerprint density at radius 3 is 2.64 bits per heavy atom. The Kier molecular flexibility index (Phi) is 4.50. The molecule has 0 amide bonds. The van der Waals surface area contributed by atoms with E-state index in [-0.39, 0.29) is 17.0 Å². The van der Waals surface area contributed by atoms with E-state index in [1.807, 2.05) is 12.1 Å². The minimum Gasteiger partial charge on any atom is -0.359 e. The number of aromatic amines is 1. The number of aromatic nitrogens is 1. The number of aryl methyl sites for hydroxylation is 1. The third-order valence-electron chi connectivity index (χ3n) is 3.74. The van der Waals surface area contributed by atoms with Crippen LogP contribution in [-0.4, -0.2) is 19.4 Å². The van der Waals surface area contributed by atoms with E-state index < -0.39 is 16.0 Å². The van der Waals surface area contributed by atoms with E-state index >= 15 is 0 Å². The van der Waals surface area contributed by atoms with Gasteiger partial charge in [0.2, 0.25) is 0 Å². The van der Waals surface area contributed by atoms with Gasteiger partial charge in [-0.1, -0.05) is 41.7 Å². The van der Waals surface area contributed by atoms with Crippen LogP contribution in [-0.2, 0) is 19.7 Å². The van der Waals surface area contributed by atoms with Crippen molar-refractivity contribution in [1.29, 1.82) is 0 Å². The maximum absolute atomic E-state index is 13.1. The minimum atomic E-state index is -4.07. The molecule has 0 bridgehead atoms. The number of carbonyl (C=O) groups excluding carboxylic acids is 1. The van der Waals surface area contributed by atoms with Gasteiger partial charge in [-0.05, 0) is 30.7 Å². The summed E-state index contributed by atoms with van der Waals surface area (Å²) in [6.07, 6.45) is 1.57. The van der Waals surface area contributed by atoms with Gasteiger partial charge in [0, 0.05) is 23.5 Å². The van der Waals surface area contributed by atoms with E-state index in [4.69, 9.17) is 4.84 Å². The maximum Gasteiger partial charge on any atom is 0.333 e. The van der Waals surface area contributed by atoms with E-state index in [2.05, 4.69) is 4.98 Å². The molecule has 130 valence electrons. The molecule has 3 aromatic rings. The van der Waals surface area contributed by atoms with Crippen LogP contribution in [0.25, 0.3) is 10.9 Å². The van der Waals surface area contributed by atoms with Gasteiger partial charge >= 0.3 is 5.97 Å². The van der Waals surface area contributed by atoms with Crippen molar-refractivity contribution in [3.63, 3.8) is 0 Å². The van der Waals surface area contributed by atoms with Crippen LogP contribution < -0.4 is 4.47 Å². The van der Waals surface area contributed by atoms with Crippen molar-refractivity contribution < 1.29 is 18.0 Å². The number of carbonyl (C=O) groups is 1. The molecule has 1 heterocycles. The highest BCUT2D eigenvalue weighted by Crippen LogP contribution is 2.31. The molecule has 0 aliphatic carbocycles. The number of rotatable bonds is 5. The van der Waals surface area contributed by atoms with Gasteiger partial charge in [-0.15, -0.1) is 0 Å².